The molecular formula is C18H25N3O3. The van der Waals surface area contributed by atoms with E-state index in [-0.39, 0.29) is 36.4 Å². The predicted octanol–water partition coefficient (Wildman–Crippen LogP) is 1.62. The lowest BCUT2D eigenvalue weighted by molar-refractivity contribution is -0.122. The van der Waals surface area contributed by atoms with Crippen LogP contribution >= 0.6 is 0 Å². The zero-order valence-electron chi connectivity index (χ0n) is 14.7. The molecule has 6 heteroatoms. The average molecular weight is 331 g/mol. The summed E-state index contributed by atoms with van der Waals surface area (Å²) < 4.78 is 1.45. The summed E-state index contributed by atoms with van der Waals surface area (Å²) in [5, 5.41) is 13.2. The SMILES string of the molecule is Cc1cccc2c(=O)n(CCC(=O)NCC(O)C(C)(C)C)cnc12. The van der Waals surface area contributed by atoms with Crippen LogP contribution in [0.1, 0.15) is 32.8 Å². The van der Waals surface area contributed by atoms with Gasteiger partial charge in [-0.15, -0.1) is 0 Å². The summed E-state index contributed by atoms with van der Waals surface area (Å²) in [5.74, 6) is -0.200. The Labute approximate surface area is 141 Å². The molecule has 0 saturated heterocycles. The summed E-state index contributed by atoms with van der Waals surface area (Å²) in [7, 11) is 0. The fourth-order valence-corrected chi connectivity index (χ4v) is 2.32. The van der Waals surface area contributed by atoms with Crippen LogP contribution in [0.3, 0.4) is 0 Å². The van der Waals surface area contributed by atoms with Gasteiger partial charge in [-0.25, -0.2) is 4.98 Å². The van der Waals surface area contributed by atoms with Gasteiger partial charge in [-0.3, -0.25) is 14.2 Å². The zero-order chi connectivity index (χ0) is 17.9. The van der Waals surface area contributed by atoms with Crippen molar-refractivity contribution in [3.63, 3.8) is 0 Å². The number of aryl methyl sites for hydroxylation is 2. The molecule has 1 atom stereocenters. The number of rotatable bonds is 5. The first-order valence-electron chi connectivity index (χ1n) is 8.09. The van der Waals surface area contributed by atoms with Crippen molar-refractivity contribution in [2.45, 2.75) is 46.8 Å². The number of aliphatic hydroxyl groups excluding tert-OH is 1. The average Bonchev–Trinajstić information content (AvgIpc) is 2.51. The number of hydrogen-bond donors (Lipinski definition) is 2. The van der Waals surface area contributed by atoms with Crippen molar-refractivity contribution in [1.82, 2.24) is 14.9 Å². The van der Waals surface area contributed by atoms with Gasteiger partial charge in [0.2, 0.25) is 5.91 Å². The first-order chi connectivity index (χ1) is 11.2. The maximum Gasteiger partial charge on any atom is 0.261 e. The summed E-state index contributed by atoms with van der Waals surface area (Å²) in [5.41, 5.74) is 1.21. The number of aromatic nitrogens is 2. The Kier molecular flexibility index (Phi) is 5.39. The number of aliphatic hydroxyl groups is 1. The van der Waals surface area contributed by atoms with Crippen LogP contribution in [-0.4, -0.2) is 33.2 Å². The number of nitrogens with zero attached hydrogens (tertiary/aromatic N) is 2. The molecule has 0 spiro atoms. The van der Waals surface area contributed by atoms with E-state index in [4.69, 9.17) is 0 Å². The predicted molar refractivity (Wildman–Crippen MR) is 93.8 cm³/mol. The quantitative estimate of drug-likeness (QED) is 0.872. The lowest BCUT2D eigenvalue weighted by atomic mass is 9.89. The molecule has 0 radical (unpaired) electrons. The van der Waals surface area contributed by atoms with Crippen molar-refractivity contribution in [1.29, 1.82) is 0 Å². The molecule has 2 aromatic rings. The molecule has 6 nitrogen and oxygen atoms in total. The van der Waals surface area contributed by atoms with E-state index in [9.17, 15) is 14.7 Å². The van der Waals surface area contributed by atoms with Gasteiger partial charge in [0.1, 0.15) is 0 Å². The van der Waals surface area contributed by atoms with E-state index >= 15 is 0 Å². The molecule has 2 N–H and O–H groups in total. The number of fused-ring (bicyclic) bond motifs is 1. The van der Waals surface area contributed by atoms with Crippen LogP contribution in [-0.2, 0) is 11.3 Å². The second kappa shape index (κ2) is 7.13. The molecule has 0 saturated carbocycles. The van der Waals surface area contributed by atoms with E-state index in [0.29, 0.717) is 10.9 Å². The van der Waals surface area contributed by atoms with Crippen LogP contribution < -0.4 is 10.9 Å². The smallest absolute Gasteiger partial charge is 0.261 e. The minimum atomic E-state index is -0.616. The van der Waals surface area contributed by atoms with Gasteiger partial charge in [0.05, 0.1) is 23.3 Å². The molecule has 1 aromatic heterocycles. The second-order valence-corrected chi connectivity index (χ2v) is 7.15. The normalized spacial score (nSPS) is 13.0. The number of amides is 1. The summed E-state index contributed by atoms with van der Waals surface area (Å²) >= 11 is 0. The highest BCUT2D eigenvalue weighted by molar-refractivity contribution is 5.80. The Morgan fingerprint density at radius 3 is 2.75 bits per heavy atom. The Morgan fingerprint density at radius 1 is 1.38 bits per heavy atom. The molecule has 1 amide bonds. The zero-order valence-corrected chi connectivity index (χ0v) is 14.7. The number of carbonyl (C=O) groups is 1. The molecule has 0 aliphatic heterocycles. The van der Waals surface area contributed by atoms with E-state index in [1.807, 2.05) is 39.8 Å². The summed E-state index contributed by atoms with van der Waals surface area (Å²) in [6.07, 6.45) is 1.03. The third-order valence-electron chi connectivity index (χ3n) is 4.13. The Bertz CT molecular complexity index is 790. The van der Waals surface area contributed by atoms with Crippen molar-refractivity contribution in [2.75, 3.05) is 6.54 Å². The third-order valence-corrected chi connectivity index (χ3v) is 4.13. The Hall–Kier alpha value is -2.21. The van der Waals surface area contributed by atoms with Gasteiger partial charge in [0.25, 0.3) is 5.56 Å². The van der Waals surface area contributed by atoms with Crippen molar-refractivity contribution in [2.24, 2.45) is 5.41 Å². The Balaban J connectivity index is 2.00. The lowest BCUT2D eigenvalue weighted by Crippen LogP contribution is -2.39. The first-order valence-corrected chi connectivity index (χ1v) is 8.09. The highest BCUT2D eigenvalue weighted by atomic mass is 16.3. The van der Waals surface area contributed by atoms with E-state index in [0.717, 1.165) is 5.56 Å². The Morgan fingerprint density at radius 2 is 2.08 bits per heavy atom. The summed E-state index contributed by atoms with van der Waals surface area (Å²) in [6.45, 7) is 8.09. The number of carbonyl (C=O) groups excluding carboxylic acids is 1. The molecule has 2 rings (SSSR count). The molecule has 130 valence electrons. The number of para-hydroxylation sites is 1. The minimum Gasteiger partial charge on any atom is -0.391 e. The van der Waals surface area contributed by atoms with Crippen LogP contribution in [0.15, 0.2) is 29.3 Å². The van der Waals surface area contributed by atoms with Gasteiger partial charge in [0, 0.05) is 19.5 Å². The van der Waals surface area contributed by atoms with Crippen LogP contribution in [0.2, 0.25) is 0 Å². The van der Waals surface area contributed by atoms with Crippen LogP contribution in [0.25, 0.3) is 10.9 Å². The minimum absolute atomic E-state index is 0.147. The van der Waals surface area contributed by atoms with E-state index in [1.54, 1.807) is 6.07 Å². The van der Waals surface area contributed by atoms with E-state index in [1.165, 1.54) is 10.9 Å². The van der Waals surface area contributed by atoms with Crippen molar-refractivity contribution in [3.05, 3.63) is 40.4 Å². The maximum absolute atomic E-state index is 12.4. The first kappa shape index (κ1) is 18.1. The van der Waals surface area contributed by atoms with Gasteiger partial charge < -0.3 is 10.4 Å². The van der Waals surface area contributed by atoms with Crippen molar-refractivity contribution >= 4 is 16.8 Å². The number of nitrogens with one attached hydrogen (secondary N) is 1. The van der Waals surface area contributed by atoms with Gasteiger partial charge in [-0.2, -0.15) is 0 Å². The highest BCUT2D eigenvalue weighted by Crippen LogP contribution is 2.18. The summed E-state index contributed by atoms with van der Waals surface area (Å²) in [4.78, 5) is 28.7. The molecule has 0 aliphatic rings. The van der Waals surface area contributed by atoms with Crippen LogP contribution in [0.5, 0.6) is 0 Å². The maximum atomic E-state index is 12.4. The molecule has 0 aliphatic carbocycles. The number of hydrogen-bond acceptors (Lipinski definition) is 4. The fourth-order valence-electron chi connectivity index (χ4n) is 2.32. The standard InChI is InChI=1S/C18H25N3O3/c1-12-6-5-7-13-16(12)20-11-21(17(13)24)9-8-15(23)19-10-14(22)18(2,3)4/h5-7,11,14,22H,8-10H2,1-4H3,(H,19,23). The molecule has 1 aromatic carbocycles. The number of benzene rings is 1. The van der Waals surface area contributed by atoms with Crippen LogP contribution in [0.4, 0.5) is 0 Å². The van der Waals surface area contributed by atoms with Gasteiger partial charge in [0.15, 0.2) is 0 Å². The molecule has 24 heavy (non-hydrogen) atoms. The molecule has 1 heterocycles. The molecule has 0 bridgehead atoms. The molecule has 0 fully saturated rings. The molecular weight excluding hydrogens is 306 g/mol. The second-order valence-electron chi connectivity index (χ2n) is 7.15. The van der Waals surface area contributed by atoms with Crippen molar-refractivity contribution in [3.8, 4) is 0 Å². The van der Waals surface area contributed by atoms with Gasteiger partial charge in [-0.1, -0.05) is 32.9 Å². The van der Waals surface area contributed by atoms with E-state index < -0.39 is 6.10 Å². The highest BCUT2D eigenvalue weighted by Gasteiger charge is 2.22. The monoisotopic (exact) mass is 331 g/mol. The van der Waals surface area contributed by atoms with E-state index in [2.05, 4.69) is 10.3 Å². The van der Waals surface area contributed by atoms with Crippen LogP contribution in [0, 0.1) is 12.3 Å². The lowest BCUT2D eigenvalue weighted by Gasteiger charge is -2.25. The van der Waals surface area contributed by atoms with Gasteiger partial charge in [-0.05, 0) is 24.0 Å². The molecule has 1 unspecified atom stereocenters. The largest absolute Gasteiger partial charge is 0.391 e. The topological polar surface area (TPSA) is 84.2 Å². The third kappa shape index (κ3) is 4.20. The van der Waals surface area contributed by atoms with Crippen molar-refractivity contribution < 1.29 is 9.90 Å². The summed E-state index contributed by atoms with van der Waals surface area (Å²) in [6, 6.07) is 5.48. The fraction of sp³-hybridized carbons (Fsp3) is 0.500. The van der Waals surface area contributed by atoms with Gasteiger partial charge >= 0.3 is 0 Å².